The SMILES string of the molecule is CC(NC1(c2ccc(Br)cc2)CC1)C1CC1. The average molecular weight is 280 g/mol. The van der Waals surface area contributed by atoms with E-state index in [1.54, 1.807) is 0 Å². The van der Waals surface area contributed by atoms with Crippen molar-refractivity contribution < 1.29 is 0 Å². The minimum absolute atomic E-state index is 0.308. The fourth-order valence-electron chi connectivity index (χ4n) is 2.56. The number of hydrogen-bond donors (Lipinski definition) is 1. The predicted molar refractivity (Wildman–Crippen MR) is 70.4 cm³/mol. The van der Waals surface area contributed by atoms with Gasteiger partial charge in [-0.1, -0.05) is 28.1 Å². The highest BCUT2D eigenvalue weighted by molar-refractivity contribution is 9.10. The van der Waals surface area contributed by atoms with Crippen molar-refractivity contribution in [1.82, 2.24) is 5.32 Å². The maximum atomic E-state index is 3.85. The molecule has 1 atom stereocenters. The summed E-state index contributed by atoms with van der Waals surface area (Å²) in [5.41, 5.74) is 1.77. The van der Waals surface area contributed by atoms with Gasteiger partial charge in [0.05, 0.1) is 0 Å². The van der Waals surface area contributed by atoms with E-state index in [1.807, 2.05) is 0 Å². The molecule has 0 amide bonds. The first kappa shape index (κ1) is 10.8. The third-order valence-electron chi connectivity index (χ3n) is 3.98. The van der Waals surface area contributed by atoms with Crippen molar-refractivity contribution in [2.24, 2.45) is 5.92 Å². The number of halogens is 1. The van der Waals surface area contributed by atoms with Crippen molar-refractivity contribution in [2.75, 3.05) is 0 Å². The highest BCUT2D eigenvalue weighted by Crippen LogP contribution is 2.47. The molecule has 0 aromatic heterocycles. The zero-order valence-electron chi connectivity index (χ0n) is 9.67. The van der Waals surface area contributed by atoms with E-state index in [4.69, 9.17) is 0 Å². The minimum atomic E-state index is 0.308. The van der Waals surface area contributed by atoms with Crippen LogP contribution in [0.15, 0.2) is 28.7 Å². The zero-order chi connectivity index (χ0) is 11.2. The van der Waals surface area contributed by atoms with Gasteiger partial charge in [0, 0.05) is 16.1 Å². The van der Waals surface area contributed by atoms with Gasteiger partial charge >= 0.3 is 0 Å². The molecule has 2 aliphatic carbocycles. The van der Waals surface area contributed by atoms with Gasteiger partial charge in [0.2, 0.25) is 0 Å². The van der Waals surface area contributed by atoms with Crippen LogP contribution in [0.2, 0.25) is 0 Å². The molecule has 16 heavy (non-hydrogen) atoms. The van der Waals surface area contributed by atoms with E-state index >= 15 is 0 Å². The summed E-state index contributed by atoms with van der Waals surface area (Å²) in [5, 5.41) is 3.85. The summed E-state index contributed by atoms with van der Waals surface area (Å²) in [6.07, 6.45) is 5.44. The van der Waals surface area contributed by atoms with Crippen molar-refractivity contribution >= 4 is 15.9 Å². The Morgan fingerprint density at radius 2 is 1.88 bits per heavy atom. The number of hydrogen-bond acceptors (Lipinski definition) is 1. The zero-order valence-corrected chi connectivity index (χ0v) is 11.3. The van der Waals surface area contributed by atoms with E-state index in [-0.39, 0.29) is 0 Å². The lowest BCUT2D eigenvalue weighted by Gasteiger charge is -2.23. The van der Waals surface area contributed by atoms with Gasteiger partial charge in [-0.05, 0) is 56.2 Å². The van der Waals surface area contributed by atoms with Crippen molar-refractivity contribution in [3.8, 4) is 0 Å². The van der Waals surface area contributed by atoms with Crippen LogP contribution in [0.5, 0.6) is 0 Å². The standard InChI is InChI=1S/C14H18BrN/c1-10(11-2-3-11)16-14(8-9-14)12-4-6-13(15)7-5-12/h4-7,10-11,16H,2-3,8-9H2,1H3. The van der Waals surface area contributed by atoms with Gasteiger partial charge in [-0.3, -0.25) is 0 Å². The largest absolute Gasteiger partial charge is 0.305 e. The lowest BCUT2D eigenvalue weighted by molar-refractivity contribution is 0.407. The average Bonchev–Trinajstić information content (AvgIpc) is 3.13. The second-order valence-corrected chi connectivity index (χ2v) is 6.28. The molecule has 1 nitrogen and oxygen atoms in total. The summed E-state index contributed by atoms with van der Waals surface area (Å²) in [7, 11) is 0. The molecule has 2 heteroatoms. The van der Waals surface area contributed by atoms with Crippen LogP contribution in [0.1, 0.15) is 38.2 Å². The Hall–Kier alpha value is -0.340. The van der Waals surface area contributed by atoms with Crippen molar-refractivity contribution in [1.29, 1.82) is 0 Å². The molecule has 1 unspecified atom stereocenters. The van der Waals surface area contributed by atoms with Crippen LogP contribution in [0, 0.1) is 5.92 Å². The maximum Gasteiger partial charge on any atom is 0.0438 e. The lowest BCUT2D eigenvalue weighted by atomic mass is 10.0. The van der Waals surface area contributed by atoms with Gasteiger partial charge in [0.25, 0.3) is 0 Å². The Morgan fingerprint density at radius 1 is 1.25 bits per heavy atom. The molecule has 2 saturated carbocycles. The lowest BCUT2D eigenvalue weighted by Crippen LogP contribution is -2.37. The van der Waals surface area contributed by atoms with Crippen molar-refractivity contribution in [3.05, 3.63) is 34.3 Å². The van der Waals surface area contributed by atoms with Crippen molar-refractivity contribution in [3.63, 3.8) is 0 Å². The van der Waals surface area contributed by atoms with Gasteiger partial charge in [-0.2, -0.15) is 0 Å². The summed E-state index contributed by atoms with van der Waals surface area (Å²) in [4.78, 5) is 0. The summed E-state index contributed by atoms with van der Waals surface area (Å²) in [6.45, 7) is 2.34. The summed E-state index contributed by atoms with van der Waals surface area (Å²) < 4.78 is 1.17. The molecular formula is C14H18BrN. The van der Waals surface area contributed by atoms with Crippen LogP contribution in [0.25, 0.3) is 0 Å². The molecule has 1 N–H and O–H groups in total. The molecule has 86 valence electrons. The molecule has 0 spiro atoms. The van der Waals surface area contributed by atoms with Crippen LogP contribution in [0.3, 0.4) is 0 Å². The molecule has 1 aromatic rings. The second kappa shape index (κ2) is 3.85. The second-order valence-electron chi connectivity index (χ2n) is 5.36. The molecule has 2 aliphatic rings. The van der Waals surface area contributed by atoms with Crippen LogP contribution in [-0.2, 0) is 5.54 Å². The molecule has 0 bridgehead atoms. The number of benzene rings is 1. The van der Waals surface area contributed by atoms with E-state index < -0.39 is 0 Å². The van der Waals surface area contributed by atoms with Crippen LogP contribution in [0.4, 0.5) is 0 Å². The Labute approximate surface area is 106 Å². The molecule has 2 fully saturated rings. The van der Waals surface area contributed by atoms with E-state index in [1.165, 1.54) is 35.7 Å². The maximum absolute atomic E-state index is 3.85. The first-order valence-electron chi connectivity index (χ1n) is 6.23. The smallest absolute Gasteiger partial charge is 0.0438 e. The Balaban J connectivity index is 1.74. The molecule has 0 aliphatic heterocycles. The molecule has 0 radical (unpaired) electrons. The highest BCUT2D eigenvalue weighted by Gasteiger charge is 2.46. The van der Waals surface area contributed by atoms with Gasteiger partial charge in [0.1, 0.15) is 0 Å². The third-order valence-corrected chi connectivity index (χ3v) is 4.51. The molecule has 0 saturated heterocycles. The summed E-state index contributed by atoms with van der Waals surface area (Å²) >= 11 is 3.50. The number of rotatable bonds is 4. The van der Waals surface area contributed by atoms with E-state index in [2.05, 4.69) is 52.4 Å². The monoisotopic (exact) mass is 279 g/mol. The number of nitrogens with one attached hydrogen (secondary N) is 1. The Bertz CT molecular complexity index is 376. The quantitative estimate of drug-likeness (QED) is 0.884. The van der Waals surface area contributed by atoms with Gasteiger partial charge in [-0.15, -0.1) is 0 Å². The van der Waals surface area contributed by atoms with Gasteiger partial charge in [0.15, 0.2) is 0 Å². The van der Waals surface area contributed by atoms with Gasteiger partial charge in [-0.25, -0.2) is 0 Å². The molecule has 3 rings (SSSR count). The van der Waals surface area contributed by atoms with E-state index in [9.17, 15) is 0 Å². The fourth-order valence-corrected chi connectivity index (χ4v) is 2.82. The van der Waals surface area contributed by atoms with Crippen LogP contribution >= 0.6 is 15.9 Å². The molecule has 0 heterocycles. The normalized spacial score (nSPS) is 24.1. The molecule has 1 aromatic carbocycles. The first-order valence-corrected chi connectivity index (χ1v) is 7.03. The van der Waals surface area contributed by atoms with E-state index in [0.717, 1.165) is 5.92 Å². The van der Waals surface area contributed by atoms with Crippen LogP contribution < -0.4 is 5.32 Å². The Kier molecular flexibility index (Phi) is 2.60. The van der Waals surface area contributed by atoms with E-state index in [0.29, 0.717) is 11.6 Å². The summed E-state index contributed by atoms with van der Waals surface area (Å²) in [6, 6.07) is 9.50. The van der Waals surface area contributed by atoms with Crippen molar-refractivity contribution in [2.45, 2.75) is 44.2 Å². The minimum Gasteiger partial charge on any atom is -0.305 e. The Morgan fingerprint density at radius 3 is 2.38 bits per heavy atom. The highest BCUT2D eigenvalue weighted by atomic mass is 79.9. The molecular weight excluding hydrogens is 262 g/mol. The summed E-state index contributed by atoms with van der Waals surface area (Å²) in [5.74, 6) is 0.938. The third kappa shape index (κ3) is 2.05. The van der Waals surface area contributed by atoms with Crippen LogP contribution in [-0.4, -0.2) is 6.04 Å². The first-order chi connectivity index (χ1) is 7.70. The van der Waals surface area contributed by atoms with Gasteiger partial charge < -0.3 is 5.32 Å². The topological polar surface area (TPSA) is 12.0 Å². The predicted octanol–water partition coefficient (Wildman–Crippen LogP) is 3.83. The fraction of sp³-hybridized carbons (Fsp3) is 0.571.